The normalized spacial score (nSPS) is 11.6. The monoisotopic (exact) mass is 271 g/mol. The maximum absolute atomic E-state index is 9.40. The van der Waals surface area contributed by atoms with Crippen LogP contribution in [-0.4, -0.2) is 9.67 Å². The highest BCUT2D eigenvalue weighted by Crippen LogP contribution is 2.32. The van der Waals surface area contributed by atoms with Crippen LogP contribution in [0.3, 0.4) is 0 Å². The van der Waals surface area contributed by atoms with Gasteiger partial charge in [0.25, 0.3) is 0 Å². The van der Waals surface area contributed by atoms with Crippen molar-refractivity contribution in [1.29, 1.82) is 0 Å². The molecule has 0 saturated carbocycles. The van der Waals surface area contributed by atoms with Crippen LogP contribution in [0.4, 0.5) is 0 Å². The third-order valence-corrected chi connectivity index (χ3v) is 3.43. The Bertz CT molecular complexity index is 546. The Balaban J connectivity index is 2.71. The SMILES string of the molecule is CC(C)Cn1c(Cl)c(CO)c2ccc(Cl)cc21. The van der Waals surface area contributed by atoms with Crippen molar-refractivity contribution in [2.45, 2.75) is 27.0 Å². The summed E-state index contributed by atoms with van der Waals surface area (Å²) in [6.45, 7) is 5.02. The molecule has 0 atom stereocenters. The van der Waals surface area contributed by atoms with E-state index in [0.717, 1.165) is 23.0 Å². The van der Waals surface area contributed by atoms with Crippen LogP contribution >= 0.6 is 23.2 Å². The fourth-order valence-corrected chi connectivity index (χ4v) is 2.55. The van der Waals surface area contributed by atoms with Gasteiger partial charge in [0.2, 0.25) is 0 Å². The van der Waals surface area contributed by atoms with Crippen LogP contribution < -0.4 is 0 Å². The standard InChI is InChI=1S/C13H15Cl2NO/c1-8(2)6-16-12-5-9(14)3-4-10(12)11(7-17)13(16)15/h3-5,8,17H,6-7H2,1-2H3. The van der Waals surface area contributed by atoms with Gasteiger partial charge in [-0.3, -0.25) is 0 Å². The molecule has 0 fully saturated rings. The van der Waals surface area contributed by atoms with Crippen molar-refractivity contribution in [3.63, 3.8) is 0 Å². The van der Waals surface area contributed by atoms with Crippen molar-refractivity contribution in [2.24, 2.45) is 5.92 Å². The van der Waals surface area contributed by atoms with E-state index in [-0.39, 0.29) is 6.61 Å². The maximum Gasteiger partial charge on any atom is 0.115 e. The molecule has 4 heteroatoms. The number of aromatic nitrogens is 1. The van der Waals surface area contributed by atoms with Gasteiger partial charge in [-0.1, -0.05) is 43.1 Å². The zero-order valence-electron chi connectivity index (χ0n) is 9.87. The first-order valence-electron chi connectivity index (χ1n) is 5.61. The van der Waals surface area contributed by atoms with Gasteiger partial charge in [-0.2, -0.15) is 0 Å². The molecule has 1 aromatic carbocycles. The predicted octanol–water partition coefficient (Wildman–Crippen LogP) is 4.10. The second kappa shape index (κ2) is 4.89. The van der Waals surface area contributed by atoms with E-state index < -0.39 is 0 Å². The third kappa shape index (κ3) is 2.30. The minimum absolute atomic E-state index is 0.0535. The summed E-state index contributed by atoms with van der Waals surface area (Å²) >= 11 is 12.3. The number of hydrogen-bond acceptors (Lipinski definition) is 1. The van der Waals surface area contributed by atoms with Crippen molar-refractivity contribution in [1.82, 2.24) is 4.57 Å². The number of halogens is 2. The first kappa shape index (κ1) is 12.7. The predicted molar refractivity (Wildman–Crippen MR) is 72.7 cm³/mol. The second-order valence-electron chi connectivity index (χ2n) is 4.59. The average molecular weight is 272 g/mol. The van der Waals surface area contributed by atoms with E-state index in [4.69, 9.17) is 23.2 Å². The quantitative estimate of drug-likeness (QED) is 0.894. The molecule has 0 aliphatic carbocycles. The minimum atomic E-state index is -0.0535. The van der Waals surface area contributed by atoms with Crippen LogP contribution in [0, 0.1) is 5.92 Å². The van der Waals surface area contributed by atoms with Gasteiger partial charge in [0.15, 0.2) is 0 Å². The molecular weight excluding hydrogens is 257 g/mol. The van der Waals surface area contributed by atoms with Gasteiger partial charge < -0.3 is 9.67 Å². The lowest BCUT2D eigenvalue weighted by Gasteiger charge is -2.10. The van der Waals surface area contributed by atoms with Crippen molar-refractivity contribution in [3.05, 3.63) is 33.9 Å². The first-order valence-corrected chi connectivity index (χ1v) is 6.37. The smallest absolute Gasteiger partial charge is 0.115 e. The maximum atomic E-state index is 9.40. The van der Waals surface area contributed by atoms with E-state index in [1.807, 2.05) is 22.8 Å². The Kier molecular flexibility index (Phi) is 3.67. The van der Waals surface area contributed by atoms with Crippen LogP contribution in [0.5, 0.6) is 0 Å². The Morgan fingerprint density at radius 2 is 2.00 bits per heavy atom. The minimum Gasteiger partial charge on any atom is -0.392 e. The van der Waals surface area contributed by atoms with Crippen LogP contribution in [0.1, 0.15) is 19.4 Å². The van der Waals surface area contributed by atoms with E-state index in [1.54, 1.807) is 0 Å². The molecular formula is C13H15Cl2NO. The zero-order chi connectivity index (χ0) is 12.6. The number of rotatable bonds is 3. The van der Waals surface area contributed by atoms with Gasteiger partial charge in [0, 0.05) is 22.5 Å². The van der Waals surface area contributed by atoms with Gasteiger partial charge in [0.05, 0.1) is 12.1 Å². The molecule has 0 aliphatic rings. The Morgan fingerprint density at radius 1 is 1.29 bits per heavy atom. The number of fused-ring (bicyclic) bond motifs is 1. The molecule has 2 rings (SSSR count). The summed E-state index contributed by atoms with van der Waals surface area (Å²) in [5.74, 6) is 0.480. The molecule has 0 bridgehead atoms. The highest BCUT2D eigenvalue weighted by molar-refractivity contribution is 6.33. The zero-order valence-corrected chi connectivity index (χ0v) is 11.4. The van der Waals surface area contributed by atoms with Gasteiger partial charge >= 0.3 is 0 Å². The van der Waals surface area contributed by atoms with Crippen molar-refractivity contribution < 1.29 is 5.11 Å². The summed E-state index contributed by atoms with van der Waals surface area (Å²) in [6.07, 6.45) is 0. The Hall–Kier alpha value is -0.700. The number of benzene rings is 1. The number of aliphatic hydroxyl groups excluding tert-OH is 1. The summed E-state index contributed by atoms with van der Waals surface area (Å²) in [6, 6.07) is 5.62. The van der Waals surface area contributed by atoms with Crippen molar-refractivity contribution in [3.8, 4) is 0 Å². The lowest BCUT2D eigenvalue weighted by Crippen LogP contribution is -2.04. The van der Waals surface area contributed by atoms with E-state index in [0.29, 0.717) is 16.1 Å². The van der Waals surface area contributed by atoms with Crippen LogP contribution in [-0.2, 0) is 13.2 Å². The third-order valence-electron chi connectivity index (χ3n) is 2.77. The summed E-state index contributed by atoms with van der Waals surface area (Å²) in [7, 11) is 0. The van der Waals surface area contributed by atoms with Crippen LogP contribution in [0.2, 0.25) is 10.2 Å². The lowest BCUT2D eigenvalue weighted by molar-refractivity contribution is 0.283. The second-order valence-corrected chi connectivity index (χ2v) is 5.39. The van der Waals surface area contributed by atoms with Gasteiger partial charge in [0.1, 0.15) is 5.15 Å². The number of nitrogens with zero attached hydrogens (tertiary/aromatic N) is 1. The molecule has 1 N–H and O–H groups in total. The van der Waals surface area contributed by atoms with Crippen molar-refractivity contribution >= 4 is 34.1 Å². The largest absolute Gasteiger partial charge is 0.392 e. The highest BCUT2D eigenvalue weighted by atomic mass is 35.5. The molecule has 2 aromatic rings. The molecule has 1 heterocycles. The van der Waals surface area contributed by atoms with Crippen molar-refractivity contribution in [2.75, 3.05) is 0 Å². The first-order chi connectivity index (χ1) is 8.04. The molecule has 17 heavy (non-hydrogen) atoms. The van der Waals surface area contributed by atoms with E-state index in [2.05, 4.69) is 13.8 Å². The summed E-state index contributed by atoms with van der Waals surface area (Å²) < 4.78 is 2.01. The lowest BCUT2D eigenvalue weighted by atomic mass is 10.2. The molecule has 1 aromatic heterocycles. The van der Waals surface area contributed by atoms with E-state index >= 15 is 0 Å². The molecule has 92 valence electrons. The Morgan fingerprint density at radius 3 is 2.59 bits per heavy atom. The highest BCUT2D eigenvalue weighted by Gasteiger charge is 2.15. The molecule has 0 aliphatic heterocycles. The topological polar surface area (TPSA) is 25.2 Å². The molecule has 0 radical (unpaired) electrons. The van der Waals surface area contributed by atoms with E-state index in [9.17, 15) is 5.11 Å². The fourth-order valence-electron chi connectivity index (χ4n) is 2.06. The number of hydrogen-bond donors (Lipinski definition) is 1. The molecule has 0 amide bonds. The average Bonchev–Trinajstić information content (AvgIpc) is 2.51. The van der Waals surface area contributed by atoms with Gasteiger partial charge in [-0.05, 0) is 18.1 Å². The summed E-state index contributed by atoms with van der Waals surface area (Å²) in [4.78, 5) is 0. The molecule has 0 unspecified atom stereocenters. The van der Waals surface area contributed by atoms with E-state index in [1.165, 1.54) is 0 Å². The fraction of sp³-hybridized carbons (Fsp3) is 0.385. The Labute approximate surface area is 111 Å². The summed E-state index contributed by atoms with van der Waals surface area (Å²) in [5, 5.41) is 11.7. The van der Waals surface area contributed by atoms with Gasteiger partial charge in [-0.25, -0.2) is 0 Å². The van der Waals surface area contributed by atoms with Crippen LogP contribution in [0.25, 0.3) is 10.9 Å². The number of aliphatic hydroxyl groups is 1. The summed E-state index contributed by atoms with van der Waals surface area (Å²) in [5.41, 5.74) is 1.76. The molecule has 0 spiro atoms. The van der Waals surface area contributed by atoms with Crippen LogP contribution in [0.15, 0.2) is 18.2 Å². The molecule has 0 saturated heterocycles. The van der Waals surface area contributed by atoms with Gasteiger partial charge in [-0.15, -0.1) is 0 Å². The molecule has 2 nitrogen and oxygen atoms in total.